The smallest absolute Gasteiger partial charge is 0.0195 e. The summed E-state index contributed by atoms with van der Waals surface area (Å²) in [7, 11) is 0. The third-order valence-corrected chi connectivity index (χ3v) is 4.53. The van der Waals surface area contributed by atoms with Crippen LogP contribution < -0.4 is 5.32 Å². The zero-order valence-electron chi connectivity index (χ0n) is 12.4. The lowest BCUT2D eigenvalue weighted by Gasteiger charge is -2.34. The van der Waals surface area contributed by atoms with Gasteiger partial charge < -0.3 is 10.2 Å². The second-order valence-corrected chi connectivity index (χ2v) is 6.44. The number of likely N-dealkylation sites (N-methyl/N-ethyl adjacent to an activating group) is 1. The van der Waals surface area contributed by atoms with Crippen LogP contribution in [0.4, 0.5) is 0 Å². The normalized spacial score (nSPS) is 34.4. The summed E-state index contributed by atoms with van der Waals surface area (Å²) in [5.74, 6) is 1.64. The van der Waals surface area contributed by atoms with E-state index >= 15 is 0 Å². The Morgan fingerprint density at radius 3 is 3.00 bits per heavy atom. The SMILES string of the molecule is CCN1CCCC(NCC2CC(C)=CC(C)C2)C1. The van der Waals surface area contributed by atoms with Crippen molar-refractivity contribution < 1.29 is 0 Å². The minimum atomic E-state index is 0.736. The van der Waals surface area contributed by atoms with Gasteiger partial charge in [0, 0.05) is 12.6 Å². The highest BCUT2D eigenvalue weighted by atomic mass is 15.2. The Hall–Kier alpha value is -0.340. The number of hydrogen-bond donors (Lipinski definition) is 1. The van der Waals surface area contributed by atoms with Crippen molar-refractivity contribution in [3.05, 3.63) is 11.6 Å². The lowest BCUT2D eigenvalue weighted by Crippen LogP contribution is -2.47. The van der Waals surface area contributed by atoms with Gasteiger partial charge in [0.05, 0.1) is 0 Å². The van der Waals surface area contributed by atoms with Gasteiger partial charge in [-0.05, 0) is 64.1 Å². The molecule has 2 aliphatic rings. The monoisotopic (exact) mass is 250 g/mol. The first-order valence-corrected chi connectivity index (χ1v) is 7.80. The molecule has 0 aromatic heterocycles. The molecule has 1 aliphatic carbocycles. The molecule has 1 saturated heterocycles. The summed E-state index contributed by atoms with van der Waals surface area (Å²) in [6.07, 6.45) is 7.87. The summed E-state index contributed by atoms with van der Waals surface area (Å²) >= 11 is 0. The van der Waals surface area contributed by atoms with Crippen LogP contribution in [0.3, 0.4) is 0 Å². The topological polar surface area (TPSA) is 15.3 Å². The van der Waals surface area contributed by atoms with Gasteiger partial charge >= 0.3 is 0 Å². The molecule has 3 atom stereocenters. The summed E-state index contributed by atoms with van der Waals surface area (Å²) in [6, 6.07) is 0.736. The molecular weight excluding hydrogens is 220 g/mol. The molecule has 0 radical (unpaired) electrons. The van der Waals surface area contributed by atoms with Gasteiger partial charge in [-0.2, -0.15) is 0 Å². The van der Waals surface area contributed by atoms with Crippen molar-refractivity contribution in [3.8, 4) is 0 Å². The third kappa shape index (κ3) is 4.10. The average molecular weight is 250 g/mol. The molecule has 3 unspecified atom stereocenters. The van der Waals surface area contributed by atoms with E-state index in [2.05, 4.69) is 37.1 Å². The molecule has 18 heavy (non-hydrogen) atoms. The van der Waals surface area contributed by atoms with E-state index in [0.29, 0.717) is 0 Å². The van der Waals surface area contributed by atoms with E-state index in [4.69, 9.17) is 0 Å². The maximum Gasteiger partial charge on any atom is 0.0195 e. The van der Waals surface area contributed by atoms with Crippen molar-refractivity contribution in [2.45, 2.75) is 52.5 Å². The predicted octanol–water partition coefficient (Wildman–Crippen LogP) is 3.05. The second-order valence-electron chi connectivity index (χ2n) is 6.44. The first-order chi connectivity index (χ1) is 8.67. The van der Waals surface area contributed by atoms with E-state index in [1.165, 1.54) is 51.9 Å². The second kappa shape index (κ2) is 6.72. The molecule has 1 aliphatic heterocycles. The van der Waals surface area contributed by atoms with Gasteiger partial charge in [0.2, 0.25) is 0 Å². The van der Waals surface area contributed by atoms with E-state index in [9.17, 15) is 0 Å². The largest absolute Gasteiger partial charge is 0.312 e. The minimum Gasteiger partial charge on any atom is -0.312 e. The highest BCUT2D eigenvalue weighted by Gasteiger charge is 2.21. The maximum absolute atomic E-state index is 3.83. The predicted molar refractivity (Wildman–Crippen MR) is 78.8 cm³/mol. The van der Waals surface area contributed by atoms with Crippen LogP contribution >= 0.6 is 0 Å². The molecule has 2 rings (SSSR count). The molecule has 0 amide bonds. The number of rotatable bonds is 4. The molecule has 1 fully saturated rings. The average Bonchev–Trinajstić information content (AvgIpc) is 2.35. The maximum atomic E-state index is 3.83. The van der Waals surface area contributed by atoms with Crippen LogP contribution in [0.1, 0.15) is 46.5 Å². The molecule has 0 bridgehead atoms. The Bertz CT molecular complexity index is 285. The first kappa shape index (κ1) is 14.1. The van der Waals surface area contributed by atoms with Crippen molar-refractivity contribution in [3.63, 3.8) is 0 Å². The summed E-state index contributed by atoms with van der Waals surface area (Å²) in [4.78, 5) is 2.58. The standard InChI is InChI=1S/C16H30N2/c1-4-18-7-5-6-16(12-18)17-11-15-9-13(2)8-14(3)10-15/h8,13,15-17H,4-7,9-12H2,1-3H3. The Labute approximate surface area is 113 Å². The fourth-order valence-corrected chi connectivity index (χ4v) is 3.68. The molecule has 0 aromatic carbocycles. The fourth-order valence-electron chi connectivity index (χ4n) is 3.68. The van der Waals surface area contributed by atoms with Crippen LogP contribution in [-0.4, -0.2) is 37.1 Å². The van der Waals surface area contributed by atoms with E-state index in [1.54, 1.807) is 5.57 Å². The van der Waals surface area contributed by atoms with Gasteiger partial charge in [-0.15, -0.1) is 0 Å². The molecule has 2 heteroatoms. The van der Waals surface area contributed by atoms with Gasteiger partial charge in [-0.25, -0.2) is 0 Å². The molecule has 1 heterocycles. The van der Waals surface area contributed by atoms with E-state index in [1.807, 2.05) is 0 Å². The van der Waals surface area contributed by atoms with Crippen LogP contribution in [0, 0.1) is 11.8 Å². The first-order valence-electron chi connectivity index (χ1n) is 7.80. The highest BCUT2D eigenvalue weighted by molar-refractivity contribution is 5.06. The zero-order chi connectivity index (χ0) is 13.0. The molecule has 0 saturated carbocycles. The van der Waals surface area contributed by atoms with Gasteiger partial charge in [0.25, 0.3) is 0 Å². The van der Waals surface area contributed by atoms with Crippen molar-refractivity contribution in [2.24, 2.45) is 11.8 Å². The fraction of sp³-hybridized carbons (Fsp3) is 0.875. The Morgan fingerprint density at radius 2 is 2.28 bits per heavy atom. The van der Waals surface area contributed by atoms with Gasteiger partial charge in [-0.3, -0.25) is 0 Å². The summed E-state index contributed by atoms with van der Waals surface area (Å²) < 4.78 is 0. The Morgan fingerprint density at radius 1 is 1.44 bits per heavy atom. The quantitative estimate of drug-likeness (QED) is 0.772. The number of piperidine rings is 1. The number of hydrogen-bond acceptors (Lipinski definition) is 2. The van der Waals surface area contributed by atoms with Crippen molar-refractivity contribution in [1.82, 2.24) is 10.2 Å². The van der Waals surface area contributed by atoms with E-state index in [-0.39, 0.29) is 0 Å². The van der Waals surface area contributed by atoms with Crippen molar-refractivity contribution in [1.29, 1.82) is 0 Å². The number of nitrogens with zero attached hydrogens (tertiary/aromatic N) is 1. The number of allylic oxidation sites excluding steroid dienone is 2. The van der Waals surface area contributed by atoms with Crippen molar-refractivity contribution >= 4 is 0 Å². The molecule has 2 nitrogen and oxygen atoms in total. The van der Waals surface area contributed by atoms with E-state index in [0.717, 1.165) is 17.9 Å². The van der Waals surface area contributed by atoms with Gasteiger partial charge in [-0.1, -0.05) is 25.5 Å². The number of likely N-dealkylation sites (tertiary alicyclic amines) is 1. The highest BCUT2D eigenvalue weighted by Crippen LogP contribution is 2.27. The summed E-state index contributed by atoms with van der Waals surface area (Å²) in [6.45, 7) is 11.9. The van der Waals surface area contributed by atoms with Gasteiger partial charge in [0.1, 0.15) is 0 Å². The lowest BCUT2D eigenvalue weighted by molar-refractivity contribution is 0.193. The van der Waals surface area contributed by atoms with Crippen LogP contribution in [0.15, 0.2) is 11.6 Å². The van der Waals surface area contributed by atoms with Gasteiger partial charge in [0.15, 0.2) is 0 Å². The zero-order valence-corrected chi connectivity index (χ0v) is 12.4. The van der Waals surface area contributed by atoms with Crippen LogP contribution in [0.25, 0.3) is 0 Å². The Kier molecular flexibility index (Phi) is 5.25. The summed E-state index contributed by atoms with van der Waals surface area (Å²) in [5.41, 5.74) is 1.60. The minimum absolute atomic E-state index is 0.736. The third-order valence-electron chi connectivity index (χ3n) is 4.53. The number of nitrogens with one attached hydrogen (secondary N) is 1. The molecule has 104 valence electrons. The summed E-state index contributed by atoms with van der Waals surface area (Å²) in [5, 5.41) is 3.83. The molecule has 1 N–H and O–H groups in total. The molecule has 0 spiro atoms. The van der Waals surface area contributed by atoms with Crippen LogP contribution in [0.5, 0.6) is 0 Å². The van der Waals surface area contributed by atoms with Crippen molar-refractivity contribution in [2.75, 3.05) is 26.2 Å². The van der Waals surface area contributed by atoms with Crippen LogP contribution in [0.2, 0.25) is 0 Å². The molecular formula is C16H30N2. The molecule has 0 aromatic rings. The van der Waals surface area contributed by atoms with Crippen LogP contribution in [-0.2, 0) is 0 Å². The lowest BCUT2D eigenvalue weighted by atomic mass is 9.83. The Balaban J connectivity index is 1.73. The van der Waals surface area contributed by atoms with E-state index < -0.39 is 0 Å².